The quantitative estimate of drug-likeness (QED) is 0.782. The molecule has 112 valence electrons. The third-order valence-electron chi connectivity index (χ3n) is 2.65. The Bertz CT molecular complexity index is 781. The van der Waals surface area contributed by atoms with Gasteiger partial charge in [0, 0.05) is 10.2 Å². The summed E-state index contributed by atoms with van der Waals surface area (Å²) >= 11 is 9.16. The van der Waals surface area contributed by atoms with Gasteiger partial charge >= 0.3 is 0 Å². The van der Waals surface area contributed by atoms with Crippen LogP contribution >= 0.6 is 27.5 Å². The molecular weight excluding hydrogens is 380 g/mol. The molecule has 0 aliphatic heterocycles. The van der Waals surface area contributed by atoms with E-state index in [0.29, 0.717) is 26.6 Å². The van der Waals surface area contributed by atoms with E-state index in [1.807, 2.05) is 0 Å². The Morgan fingerprint density at radius 2 is 1.95 bits per heavy atom. The number of hydrogen-bond acceptors (Lipinski definition) is 4. The van der Waals surface area contributed by atoms with Gasteiger partial charge in [0.25, 0.3) is 10.0 Å². The van der Waals surface area contributed by atoms with Crippen molar-refractivity contribution in [3.05, 3.63) is 45.9 Å². The molecule has 2 rings (SSSR count). The number of nitrogens with one attached hydrogen (secondary N) is 1. The van der Waals surface area contributed by atoms with Gasteiger partial charge < -0.3 is 10.5 Å². The van der Waals surface area contributed by atoms with Crippen LogP contribution in [0.25, 0.3) is 0 Å². The fourth-order valence-corrected chi connectivity index (χ4v) is 4.08. The monoisotopic (exact) mass is 390 g/mol. The number of nitrogen functional groups attached to an aromatic ring is 1. The average molecular weight is 392 g/mol. The number of anilines is 2. The maximum absolute atomic E-state index is 12.3. The first-order valence-corrected chi connectivity index (χ1v) is 8.40. The lowest BCUT2D eigenvalue weighted by Gasteiger charge is -2.11. The van der Waals surface area contributed by atoms with Crippen LogP contribution in [-0.4, -0.2) is 15.5 Å². The predicted octanol–water partition coefficient (Wildman–Crippen LogP) is 3.49. The first-order valence-electron chi connectivity index (χ1n) is 5.75. The Kier molecular flexibility index (Phi) is 4.65. The Balaban J connectivity index is 2.35. The smallest absolute Gasteiger partial charge is 0.263 e. The van der Waals surface area contributed by atoms with Gasteiger partial charge in [0.1, 0.15) is 10.6 Å². The van der Waals surface area contributed by atoms with Crippen molar-refractivity contribution in [3.63, 3.8) is 0 Å². The molecule has 0 unspecified atom stereocenters. The highest BCUT2D eigenvalue weighted by molar-refractivity contribution is 9.10. The van der Waals surface area contributed by atoms with E-state index in [9.17, 15) is 8.42 Å². The third-order valence-corrected chi connectivity index (χ3v) is 5.30. The van der Waals surface area contributed by atoms with Gasteiger partial charge in [-0.3, -0.25) is 4.72 Å². The molecule has 0 fully saturated rings. The minimum absolute atomic E-state index is 0.0867. The molecule has 0 radical (unpaired) electrons. The zero-order valence-corrected chi connectivity index (χ0v) is 14.1. The van der Waals surface area contributed by atoms with Crippen LogP contribution in [0, 0.1) is 0 Å². The lowest BCUT2D eigenvalue weighted by Crippen LogP contribution is -2.13. The summed E-state index contributed by atoms with van der Waals surface area (Å²) in [5.41, 5.74) is 6.40. The molecule has 0 saturated heterocycles. The standard InChI is InChI=1S/C13H12BrClN2O3S/c1-20-12-4-3-9(7-11(12)15)17-21(18,19)13-5-2-8(16)6-10(13)14/h2-7,17H,16H2,1H3. The molecule has 0 atom stereocenters. The van der Waals surface area contributed by atoms with Crippen LogP contribution in [0.4, 0.5) is 11.4 Å². The minimum atomic E-state index is -3.75. The van der Waals surface area contributed by atoms with Crippen LogP contribution in [0.5, 0.6) is 5.75 Å². The Labute approximate surface area is 136 Å². The Hall–Kier alpha value is -1.44. The van der Waals surface area contributed by atoms with E-state index < -0.39 is 10.0 Å². The summed E-state index contributed by atoms with van der Waals surface area (Å²) in [5, 5.41) is 0.314. The van der Waals surface area contributed by atoms with Crippen molar-refractivity contribution in [1.29, 1.82) is 0 Å². The molecule has 8 heteroatoms. The van der Waals surface area contributed by atoms with Gasteiger partial charge in [-0.25, -0.2) is 8.42 Å². The SMILES string of the molecule is COc1ccc(NS(=O)(=O)c2ccc(N)cc2Br)cc1Cl. The molecule has 0 bridgehead atoms. The summed E-state index contributed by atoms with van der Waals surface area (Å²) in [6.45, 7) is 0. The lowest BCUT2D eigenvalue weighted by molar-refractivity contribution is 0.415. The van der Waals surface area contributed by atoms with Gasteiger partial charge in [0.2, 0.25) is 0 Å². The Morgan fingerprint density at radius 3 is 2.52 bits per heavy atom. The van der Waals surface area contributed by atoms with Crippen LogP contribution in [-0.2, 0) is 10.0 Å². The molecule has 0 spiro atoms. The summed E-state index contributed by atoms with van der Waals surface area (Å²) in [7, 11) is -2.27. The van der Waals surface area contributed by atoms with Gasteiger partial charge in [-0.15, -0.1) is 0 Å². The van der Waals surface area contributed by atoms with Gasteiger partial charge in [-0.2, -0.15) is 0 Å². The molecule has 5 nitrogen and oxygen atoms in total. The van der Waals surface area contributed by atoms with E-state index in [0.717, 1.165) is 0 Å². The van der Waals surface area contributed by atoms with Crippen LogP contribution < -0.4 is 15.2 Å². The van der Waals surface area contributed by atoms with E-state index in [2.05, 4.69) is 20.7 Å². The van der Waals surface area contributed by atoms with Crippen LogP contribution in [0.3, 0.4) is 0 Å². The van der Waals surface area contributed by atoms with E-state index in [1.165, 1.54) is 31.4 Å². The van der Waals surface area contributed by atoms with Crippen molar-refractivity contribution in [2.24, 2.45) is 0 Å². The summed E-state index contributed by atoms with van der Waals surface area (Å²) in [6.07, 6.45) is 0. The van der Waals surface area contributed by atoms with E-state index >= 15 is 0 Å². The van der Waals surface area contributed by atoms with Gasteiger partial charge in [0.15, 0.2) is 0 Å². The summed E-state index contributed by atoms with van der Waals surface area (Å²) in [5.74, 6) is 0.466. The number of methoxy groups -OCH3 is 1. The molecule has 3 N–H and O–H groups in total. The van der Waals surface area contributed by atoms with Crippen molar-refractivity contribution in [1.82, 2.24) is 0 Å². The topological polar surface area (TPSA) is 81.4 Å². The zero-order valence-electron chi connectivity index (χ0n) is 10.9. The molecule has 0 amide bonds. The van der Waals surface area contributed by atoms with E-state index in [1.54, 1.807) is 12.1 Å². The zero-order chi connectivity index (χ0) is 15.6. The highest BCUT2D eigenvalue weighted by Crippen LogP contribution is 2.30. The molecule has 0 heterocycles. The summed E-state index contributed by atoms with van der Waals surface area (Å²) in [6, 6.07) is 9.08. The normalized spacial score (nSPS) is 11.2. The van der Waals surface area contributed by atoms with E-state index in [4.69, 9.17) is 22.1 Å². The van der Waals surface area contributed by atoms with Crippen molar-refractivity contribution < 1.29 is 13.2 Å². The molecule has 2 aromatic carbocycles. The highest BCUT2D eigenvalue weighted by Gasteiger charge is 2.18. The second-order valence-corrected chi connectivity index (χ2v) is 7.06. The van der Waals surface area contributed by atoms with Crippen molar-refractivity contribution >= 4 is 48.9 Å². The minimum Gasteiger partial charge on any atom is -0.495 e. The number of rotatable bonds is 4. The first-order chi connectivity index (χ1) is 9.83. The molecular formula is C13H12BrClN2O3S. The second kappa shape index (κ2) is 6.13. The molecule has 0 aliphatic rings. The summed E-state index contributed by atoms with van der Waals surface area (Å²) < 4.78 is 32.5. The van der Waals surface area contributed by atoms with Gasteiger partial charge in [-0.05, 0) is 52.3 Å². The molecule has 0 saturated carbocycles. The Morgan fingerprint density at radius 1 is 1.24 bits per heavy atom. The van der Waals surface area contributed by atoms with Crippen LogP contribution in [0.2, 0.25) is 5.02 Å². The second-order valence-electron chi connectivity index (χ2n) is 4.14. The fraction of sp³-hybridized carbons (Fsp3) is 0.0769. The first kappa shape index (κ1) is 15.9. The molecule has 0 aromatic heterocycles. The number of halogens is 2. The molecule has 2 aromatic rings. The lowest BCUT2D eigenvalue weighted by atomic mass is 10.3. The number of ether oxygens (including phenoxy) is 1. The van der Waals surface area contributed by atoms with Gasteiger partial charge in [0.05, 0.1) is 17.8 Å². The number of benzene rings is 2. The van der Waals surface area contributed by atoms with Crippen molar-refractivity contribution in [2.75, 3.05) is 17.6 Å². The van der Waals surface area contributed by atoms with Gasteiger partial charge in [-0.1, -0.05) is 11.6 Å². The maximum Gasteiger partial charge on any atom is 0.263 e. The molecule has 0 aliphatic carbocycles. The average Bonchev–Trinajstić information content (AvgIpc) is 2.37. The highest BCUT2D eigenvalue weighted by atomic mass is 79.9. The summed E-state index contributed by atoms with van der Waals surface area (Å²) in [4.78, 5) is 0.0867. The number of sulfonamides is 1. The predicted molar refractivity (Wildman–Crippen MR) is 87.4 cm³/mol. The maximum atomic E-state index is 12.3. The molecule has 21 heavy (non-hydrogen) atoms. The largest absolute Gasteiger partial charge is 0.495 e. The van der Waals surface area contributed by atoms with Crippen molar-refractivity contribution in [3.8, 4) is 5.75 Å². The van der Waals surface area contributed by atoms with Crippen molar-refractivity contribution in [2.45, 2.75) is 4.90 Å². The number of nitrogens with two attached hydrogens (primary N) is 1. The third kappa shape index (κ3) is 3.61. The van der Waals surface area contributed by atoms with Crippen LogP contribution in [0.15, 0.2) is 45.8 Å². The fourth-order valence-electron chi connectivity index (χ4n) is 1.68. The number of hydrogen-bond donors (Lipinski definition) is 2. The van der Waals surface area contributed by atoms with E-state index in [-0.39, 0.29) is 4.90 Å². The van der Waals surface area contributed by atoms with Crippen LogP contribution in [0.1, 0.15) is 0 Å².